The summed E-state index contributed by atoms with van der Waals surface area (Å²) >= 11 is 0. The number of nitrogens with zero attached hydrogens (tertiary/aromatic N) is 3. The molecule has 48 heavy (non-hydrogen) atoms. The van der Waals surface area contributed by atoms with E-state index >= 15 is 0 Å². The van der Waals surface area contributed by atoms with Gasteiger partial charge in [0.05, 0.1) is 31.8 Å². The number of likely N-dealkylation sites (tertiary alicyclic amines) is 2. The van der Waals surface area contributed by atoms with Crippen molar-refractivity contribution < 1.29 is 28.9 Å². The lowest BCUT2D eigenvalue weighted by Crippen LogP contribution is -2.53. The third-order valence-electron chi connectivity index (χ3n) is 10.2. The first-order valence-corrected chi connectivity index (χ1v) is 18.4. The van der Waals surface area contributed by atoms with Gasteiger partial charge in [0.25, 0.3) is 0 Å². The lowest BCUT2D eigenvalue weighted by Gasteiger charge is -2.39. The molecule has 0 radical (unpaired) electrons. The van der Waals surface area contributed by atoms with Crippen LogP contribution in [0.5, 0.6) is 5.75 Å². The standard InChI is InChI=1S/C38H57FN4O5/c1-2-47-35-20-29-7-5-9-32(19-29)38(41-24-35)42-16-13-28(14-17-42)8-6-18-48-34-12-11-31(36(39)22-34)21-37(46)43-25-30(26-43)23-40-15-4-3-10-33(45)27-44/h11-12,19,22,24,28,30,33,35,40,44-45H,2-10,13-18,20-21,23,25-27H2,1H3/b38-32?,41-24-. The van der Waals surface area contributed by atoms with Crippen LogP contribution >= 0.6 is 0 Å². The van der Waals surface area contributed by atoms with Crippen LogP contribution in [0.2, 0.25) is 0 Å². The molecule has 3 N–H and O–H groups in total. The average Bonchev–Trinajstić information content (AvgIpc) is 3.06. The Bertz CT molecular complexity index is 1270. The second-order valence-electron chi connectivity index (χ2n) is 14.0. The summed E-state index contributed by atoms with van der Waals surface area (Å²) in [6, 6.07) is 4.87. The van der Waals surface area contributed by atoms with Gasteiger partial charge in [0.15, 0.2) is 0 Å². The number of unbranched alkanes of at least 4 members (excludes halogenated alkanes) is 1. The van der Waals surface area contributed by atoms with Gasteiger partial charge in [-0.15, -0.1) is 0 Å². The maximum absolute atomic E-state index is 14.9. The second-order valence-corrected chi connectivity index (χ2v) is 14.0. The normalized spacial score (nSPS) is 21.8. The van der Waals surface area contributed by atoms with Gasteiger partial charge in [0, 0.05) is 57.5 Å². The zero-order valence-corrected chi connectivity index (χ0v) is 28.9. The molecular formula is C38H57FN4O5. The molecule has 9 nitrogen and oxygen atoms in total. The molecule has 1 aromatic carbocycles. The highest BCUT2D eigenvalue weighted by Gasteiger charge is 2.30. The van der Waals surface area contributed by atoms with Crippen LogP contribution in [-0.4, -0.2) is 103 Å². The second kappa shape index (κ2) is 18.8. The number of hydrogen-bond acceptors (Lipinski definition) is 8. The summed E-state index contributed by atoms with van der Waals surface area (Å²) in [5, 5.41) is 21.6. The molecule has 0 aromatic heterocycles. The Labute approximate surface area is 286 Å². The topological polar surface area (TPSA) is 107 Å². The van der Waals surface area contributed by atoms with E-state index < -0.39 is 11.9 Å². The number of aliphatic hydroxyl groups is 2. The quantitative estimate of drug-likeness (QED) is 0.189. The van der Waals surface area contributed by atoms with E-state index in [0.717, 1.165) is 89.8 Å². The van der Waals surface area contributed by atoms with Crippen LogP contribution in [0.4, 0.5) is 4.39 Å². The van der Waals surface area contributed by atoms with Gasteiger partial charge in [0.2, 0.25) is 5.91 Å². The van der Waals surface area contributed by atoms with Gasteiger partial charge in [-0.3, -0.25) is 4.79 Å². The zero-order chi connectivity index (χ0) is 33.7. The van der Waals surface area contributed by atoms with Crippen LogP contribution in [0.1, 0.15) is 83.1 Å². The first-order valence-electron chi connectivity index (χ1n) is 18.4. The van der Waals surface area contributed by atoms with E-state index in [9.17, 15) is 14.3 Å². The molecule has 3 heterocycles. The van der Waals surface area contributed by atoms with E-state index in [4.69, 9.17) is 19.6 Å². The molecule has 10 heteroatoms. The summed E-state index contributed by atoms with van der Waals surface area (Å²) in [5.41, 5.74) is 3.28. The molecule has 5 rings (SSSR count). The van der Waals surface area contributed by atoms with Crippen molar-refractivity contribution in [2.75, 3.05) is 59.1 Å². The molecule has 0 spiro atoms. The van der Waals surface area contributed by atoms with Gasteiger partial charge in [0.1, 0.15) is 17.4 Å². The number of aliphatic hydroxyl groups excluding tert-OH is 2. The van der Waals surface area contributed by atoms with E-state index in [1.165, 1.54) is 23.6 Å². The molecule has 2 atom stereocenters. The van der Waals surface area contributed by atoms with Crippen molar-refractivity contribution in [3.8, 4) is 5.75 Å². The lowest BCUT2D eigenvalue weighted by atomic mass is 9.89. The van der Waals surface area contributed by atoms with Crippen molar-refractivity contribution in [2.24, 2.45) is 16.8 Å². The molecule has 2 unspecified atom stereocenters. The highest BCUT2D eigenvalue weighted by atomic mass is 19.1. The molecule has 266 valence electrons. The molecular weight excluding hydrogens is 611 g/mol. The van der Waals surface area contributed by atoms with Gasteiger partial charge in [-0.05, 0) is 107 Å². The molecule has 2 saturated heterocycles. The van der Waals surface area contributed by atoms with Crippen molar-refractivity contribution in [1.82, 2.24) is 15.1 Å². The average molecular weight is 669 g/mol. The maximum Gasteiger partial charge on any atom is 0.227 e. The van der Waals surface area contributed by atoms with Crippen molar-refractivity contribution in [3.05, 3.63) is 52.6 Å². The van der Waals surface area contributed by atoms with Gasteiger partial charge in [-0.1, -0.05) is 17.7 Å². The number of fused-ring (bicyclic) bond motifs is 1. The monoisotopic (exact) mass is 668 g/mol. The third-order valence-corrected chi connectivity index (χ3v) is 10.2. The Hall–Kier alpha value is -2.79. The summed E-state index contributed by atoms with van der Waals surface area (Å²) in [5.74, 6) is 2.29. The van der Waals surface area contributed by atoms with E-state index in [-0.39, 0.29) is 25.0 Å². The number of aliphatic imine (C=N–C) groups is 1. The van der Waals surface area contributed by atoms with Crippen LogP contribution in [0.15, 0.2) is 46.2 Å². The molecule has 0 saturated carbocycles. The van der Waals surface area contributed by atoms with Crippen LogP contribution in [-0.2, 0) is 16.0 Å². The van der Waals surface area contributed by atoms with Crippen LogP contribution in [0, 0.1) is 17.7 Å². The van der Waals surface area contributed by atoms with Crippen LogP contribution < -0.4 is 10.1 Å². The van der Waals surface area contributed by atoms with E-state index in [1.54, 1.807) is 17.0 Å². The maximum atomic E-state index is 14.9. The number of amides is 1. The first-order chi connectivity index (χ1) is 23.4. The Morgan fingerprint density at radius 2 is 1.98 bits per heavy atom. The molecule has 1 aromatic rings. The summed E-state index contributed by atoms with van der Waals surface area (Å²) in [7, 11) is 0. The largest absolute Gasteiger partial charge is 0.493 e. The minimum atomic E-state index is -0.626. The first kappa shape index (κ1) is 36.5. The fraction of sp³-hybridized carbons (Fsp3) is 0.684. The molecule has 1 amide bonds. The highest BCUT2D eigenvalue weighted by molar-refractivity contribution is 5.79. The number of rotatable bonds is 18. The van der Waals surface area contributed by atoms with Gasteiger partial charge < -0.3 is 34.8 Å². The summed E-state index contributed by atoms with van der Waals surface area (Å²) < 4.78 is 26.7. The smallest absolute Gasteiger partial charge is 0.227 e. The number of nitrogens with one attached hydrogen (secondary N) is 1. The number of piperidine rings is 1. The number of benzene rings is 1. The Morgan fingerprint density at radius 3 is 2.75 bits per heavy atom. The van der Waals surface area contributed by atoms with E-state index in [2.05, 4.69) is 16.3 Å². The minimum Gasteiger partial charge on any atom is -0.493 e. The van der Waals surface area contributed by atoms with Gasteiger partial charge in [-0.25, -0.2) is 9.38 Å². The molecule has 1 aliphatic carbocycles. The number of carbonyl (C=O) groups is 1. The highest BCUT2D eigenvalue weighted by Crippen LogP contribution is 2.33. The van der Waals surface area contributed by atoms with Crippen LogP contribution in [0.3, 0.4) is 0 Å². The summed E-state index contributed by atoms with van der Waals surface area (Å²) in [4.78, 5) is 21.9. The van der Waals surface area contributed by atoms with E-state index in [1.807, 2.05) is 13.1 Å². The zero-order valence-electron chi connectivity index (χ0n) is 28.9. The molecule has 2 bridgehead atoms. The fourth-order valence-electron chi connectivity index (χ4n) is 7.34. The SMILES string of the molecule is CCOC1/C=N\C(N2CCC(CCCOc3ccc(CC(=O)N4CC(CNCCCCC(O)CO)C4)c(F)c3)CC2)=C2C=C(CCC2)C1. The Morgan fingerprint density at radius 1 is 1.15 bits per heavy atom. The Kier molecular flexibility index (Phi) is 14.3. The molecule has 3 aliphatic heterocycles. The Balaban J connectivity index is 0.958. The van der Waals surface area contributed by atoms with Crippen molar-refractivity contribution in [3.63, 3.8) is 0 Å². The lowest BCUT2D eigenvalue weighted by molar-refractivity contribution is -0.136. The van der Waals surface area contributed by atoms with Gasteiger partial charge in [-0.2, -0.15) is 0 Å². The van der Waals surface area contributed by atoms with Crippen molar-refractivity contribution in [1.29, 1.82) is 0 Å². The number of carbonyl (C=O) groups excluding carboxylic acids is 1. The van der Waals surface area contributed by atoms with E-state index in [0.29, 0.717) is 55.9 Å². The van der Waals surface area contributed by atoms with Crippen molar-refractivity contribution >= 4 is 12.1 Å². The molecule has 4 aliphatic rings. The van der Waals surface area contributed by atoms with Crippen LogP contribution in [0.25, 0.3) is 0 Å². The predicted molar refractivity (Wildman–Crippen MR) is 186 cm³/mol. The summed E-state index contributed by atoms with van der Waals surface area (Å²) in [6.07, 6.45) is 15.0. The minimum absolute atomic E-state index is 0.0455. The number of hydrogen-bond donors (Lipinski definition) is 3. The number of ether oxygens (including phenoxy) is 2. The summed E-state index contributed by atoms with van der Waals surface area (Å²) in [6.45, 7) is 8.23. The molecule has 2 fully saturated rings. The fourth-order valence-corrected chi connectivity index (χ4v) is 7.34. The van der Waals surface area contributed by atoms with Crippen molar-refractivity contribution in [2.45, 2.75) is 96.2 Å². The number of halogens is 1. The predicted octanol–water partition coefficient (Wildman–Crippen LogP) is 5.01. The third kappa shape index (κ3) is 10.9. The van der Waals surface area contributed by atoms with Gasteiger partial charge >= 0.3 is 0 Å². The number of allylic oxidation sites excluding steroid dienone is 2.